The number of anilines is 2. The number of carbonyl (C=O) groups is 2. The minimum absolute atomic E-state index is 0.0603. The monoisotopic (exact) mass is 270 g/mol. The second-order valence-electron chi connectivity index (χ2n) is 3.67. The number of nitrogens with one attached hydrogen (secondary N) is 2. The van der Waals surface area contributed by atoms with E-state index >= 15 is 0 Å². The van der Waals surface area contributed by atoms with Gasteiger partial charge in [0.2, 0.25) is 11.8 Å². The molecule has 0 aliphatic carbocycles. The van der Waals surface area contributed by atoms with Crippen LogP contribution < -0.4 is 10.6 Å². The highest BCUT2D eigenvalue weighted by molar-refractivity contribution is 7.98. The predicted octanol–water partition coefficient (Wildman–Crippen LogP) is 2.48. The summed E-state index contributed by atoms with van der Waals surface area (Å²) >= 11 is 1.58. The van der Waals surface area contributed by atoms with Gasteiger partial charge in [0.25, 0.3) is 0 Å². The molecule has 2 N–H and O–H groups in total. The van der Waals surface area contributed by atoms with E-state index in [2.05, 4.69) is 10.6 Å². The summed E-state index contributed by atoms with van der Waals surface area (Å²) in [6, 6.07) is 4.06. The second kappa shape index (κ2) is 7.00. The van der Waals surface area contributed by atoms with E-state index < -0.39 is 5.82 Å². The van der Waals surface area contributed by atoms with Gasteiger partial charge in [0.15, 0.2) is 0 Å². The molecule has 0 atom stereocenters. The van der Waals surface area contributed by atoms with Gasteiger partial charge < -0.3 is 10.6 Å². The highest BCUT2D eigenvalue weighted by atomic mass is 32.2. The molecule has 0 aromatic heterocycles. The van der Waals surface area contributed by atoms with Gasteiger partial charge in [-0.15, -0.1) is 0 Å². The molecule has 18 heavy (non-hydrogen) atoms. The molecule has 0 saturated carbocycles. The lowest BCUT2D eigenvalue weighted by molar-refractivity contribution is -0.116. The average Bonchev–Trinajstić information content (AvgIpc) is 2.30. The van der Waals surface area contributed by atoms with Crippen LogP contribution in [0.1, 0.15) is 13.3 Å². The quantitative estimate of drug-likeness (QED) is 0.864. The van der Waals surface area contributed by atoms with Crippen LogP contribution in [0.4, 0.5) is 15.8 Å². The lowest BCUT2D eigenvalue weighted by Crippen LogP contribution is -2.13. The van der Waals surface area contributed by atoms with Crippen LogP contribution in [0.5, 0.6) is 0 Å². The molecule has 0 bridgehead atoms. The molecule has 1 aromatic rings. The van der Waals surface area contributed by atoms with Crippen molar-refractivity contribution < 1.29 is 14.0 Å². The third-order valence-corrected chi connectivity index (χ3v) is 2.71. The second-order valence-corrected chi connectivity index (χ2v) is 4.65. The summed E-state index contributed by atoms with van der Waals surface area (Å²) in [6.07, 6.45) is 2.31. The molecule has 4 nitrogen and oxygen atoms in total. The first-order valence-corrected chi connectivity index (χ1v) is 6.78. The molecule has 0 saturated heterocycles. The Balaban J connectivity index is 2.72. The normalized spacial score (nSPS) is 9.94. The van der Waals surface area contributed by atoms with Crippen LogP contribution in [-0.2, 0) is 9.59 Å². The van der Waals surface area contributed by atoms with E-state index in [-0.39, 0.29) is 17.5 Å². The molecule has 0 aliphatic rings. The summed E-state index contributed by atoms with van der Waals surface area (Å²) in [4.78, 5) is 22.4. The summed E-state index contributed by atoms with van der Waals surface area (Å²) in [5.41, 5.74) is 0.524. The van der Waals surface area contributed by atoms with Crippen molar-refractivity contribution in [3.05, 3.63) is 24.0 Å². The van der Waals surface area contributed by atoms with E-state index in [1.165, 1.54) is 25.1 Å². The van der Waals surface area contributed by atoms with Gasteiger partial charge in [0, 0.05) is 24.8 Å². The number of amides is 2. The first-order valence-electron chi connectivity index (χ1n) is 5.39. The van der Waals surface area contributed by atoms with Crippen molar-refractivity contribution in [2.75, 3.05) is 22.6 Å². The standard InChI is InChI=1S/C12H15FN2O2S/c1-8(16)14-11-7-9(3-4-10(11)13)15-12(17)5-6-18-2/h3-4,7H,5-6H2,1-2H3,(H,14,16)(H,15,17). The minimum atomic E-state index is -0.535. The Bertz CT molecular complexity index is 452. The Morgan fingerprint density at radius 3 is 2.67 bits per heavy atom. The maximum Gasteiger partial charge on any atom is 0.225 e. The van der Waals surface area contributed by atoms with Gasteiger partial charge in [-0.05, 0) is 24.5 Å². The highest BCUT2D eigenvalue weighted by Crippen LogP contribution is 2.19. The number of rotatable bonds is 5. The molecule has 0 spiro atoms. The van der Waals surface area contributed by atoms with E-state index in [4.69, 9.17) is 0 Å². The average molecular weight is 270 g/mol. The Kier molecular flexibility index (Phi) is 5.64. The number of hydrogen-bond acceptors (Lipinski definition) is 3. The van der Waals surface area contributed by atoms with E-state index in [0.29, 0.717) is 12.1 Å². The Labute approximate surface area is 109 Å². The van der Waals surface area contributed by atoms with Crippen molar-refractivity contribution in [1.29, 1.82) is 0 Å². The molecule has 98 valence electrons. The largest absolute Gasteiger partial charge is 0.326 e. The summed E-state index contributed by atoms with van der Waals surface area (Å²) in [5.74, 6) is -0.303. The van der Waals surface area contributed by atoms with Crippen molar-refractivity contribution in [3.8, 4) is 0 Å². The van der Waals surface area contributed by atoms with Crippen molar-refractivity contribution in [1.82, 2.24) is 0 Å². The number of hydrogen-bond donors (Lipinski definition) is 2. The summed E-state index contributed by atoms with van der Waals surface area (Å²) in [6.45, 7) is 1.29. The van der Waals surface area contributed by atoms with Crippen LogP contribution in [0.15, 0.2) is 18.2 Å². The summed E-state index contributed by atoms with van der Waals surface area (Å²) < 4.78 is 13.3. The van der Waals surface area contributed by atoms with Gasteiger partial charge in [0.1, 0.15) is 5.82 Å². The van der Waals surface area contributed by atoms with Crippen molar-refractivity contribution in [2.45, 2.75) is 13.3 Å². The van der Waals surface area contributed by atoms with Crippen molar-refractivity contribution >= 4 is 35.0 Å². The SMILES string of the molecule is CSCCC(=O)Nc1ccc(F)c(NC(C)=O)c1. The molecular formula is C12H15FN2O2S. The predicted molar refractivity (Wildman–Crippen MR) is 72.3 cm³/mol. The van der Waals surface area contributed by atoms with Crippen molar-refractivity contribution in [2.24, 2.45) is 0 Å². The molecule has 0 aliphatic heterocycles. The zero-order valence-electron chi connectivity index (χ0n) is 10.2. The zero-order chi connectivity index (χ0) is 13.5. The summed E-state index contributed by atoms with van der Waals surface area (Å²) in [5, 5.41) is 5.01. The van der Waals surface area contributed by atoms with Crippen LogP contribution in [0.3, 0.4) is 0 Å². The van der Waals surface area contributed by atoms with Gasteiger partial charge in [-0.25, -0.2) is 4.39 Å². The van der Waals surface area contributed by atoms with E-state index in [1.807, 2.05) is 6.26 Å². The third kappa shape index (κ3) is 4.75. The van der Waals surface area contributed by atoms with E-state index in [1.54, 1.807) is 11.8 Å². The van der Waals surface area contributed by atoms with Crippen LogP contribution in [0, 0.1) is 5.82 Å². The summed E-state index contributed by atoms with van der Waals surface area (Å²) in [7, 11) is 0. The number of carbonyl (C=O) groups excluding carboxylic acids is 2. The Morgan fingerprint density at radius 2 is 2.06 bits per heavy atom. The van der Waals surface area contributed by atoms with Gasteiger partial charge >= 0.3 is 0 Å². The number of benzene rings is 1. The number of thioether (sulfide) groups is 1. The van der Waals surface area contributed by atoms with Gasteiger partial charge in [-0.1, -0.05) is 0 Å². The molecule has 1 aromatic carbocycles. The molecule has 0 fully saturated rings. The lowest BCUT2D eigenvalue weighted by Gasteiger charge is -2.08. The fraction of sp³-hybridized carbons (Fsp3) is 0.333. The maximum absolute atomic E-state index is 13.3. The van der Waals surface area contributed by atoms with Crippen LogP contribution in [0.2, 0.25) is 0 Å². The fourth-order valence-corrected chi connectivity index (χ4v) is 1.70. The lowest BCUT2D eigenvalue weighted by atomic mass is 10.2. The van der Waals surface area contributed by atoms with Gasteiger partial charge in [-0.3, -0.25) is 9.59 Å². The topological polar surface area (TPSA) is 58.2 Å². The maximum atomic E-state index is 13.3. The first kappa shape index (κ1) is 14.5. The van der Waals surface area contributed by atoms with Crippen LogP contribution in [0.25, 0.3) is 0 Å². The molecule has 2 amide bonds. The molecular weight excluding hydrogens is 255 g/mol. The molecule has 0 unspecified atom stereocenters. The van der Waals surface area contributed by atoms with E-state index in [9.17, 15) is 14.0 Å². The smallest absolute Gasteiger partial charge is 0.225 e. The highest BCUT2D eigenvalue weighted by Gasteiger charge is 2.07. The third-order valence-electron chi connectivity index (χ3n) is 2.09. The van der Waals surface area contributed by atoms with Gasteiger partial charge in [-0.2, -0.15) is 11.8 Å². The first-order chi connectivity index (χ1) is 8.52. The molecule has 1 rings (SSSR count). The van der Waals surface area contributed by atoms with Crippen LogP contribution >= 0.6 is 11.8 Å². The van der Waals surface area contributed by atoms with Crippen molar-refractivity contribution in [3.63, 3.8) is 0 Å². The zero-order valence-corrected chi connectivity index (χ0v) is 11.1. The minimum Gasteiger partial charge on any atom is -0.326 e. The fourth-order valence-electron chi connectivity index (χ4n) is 1.31. The van der Waals surface area contributed by atoms with E-state index in [0.717, 1.165) is 5.75 Å². The van der Waals surface area contributed by atoms with Crippen LogP contribution in [-0.4, -0.2) is 23.8 Å². The Morgan fingerprint density at radius 1 is 1.33 bits per heavy atom. The van der Waals surface area contributed by atoms with Gasteiger partial charge in [0.05, 0.1) is 5.69 Å². The molecule has 0 heterocycles. The molecule has 0 radical (unpaired) electrons. The number of halogens is 1. The Hall–Kier alpha value is -1.56. The molecule has 6 heteroatoms.